The number of carbonyl (C=O) groups is 1. The molecule has 23 heavy (non-hydrogen) atoms. The molecule has 2 fully saturated rings. The van der Waals surface area contributed by atoms with Gasteiger partial charge in [0.15, 0.2) is 0 Å². The van der Waals surface area contributed by atoms with Crippen LogP contribution in [0.3, 0.4) is 0 Å². The average molecular weight is 308 g/mol. The van der Waals surface area contributed by atoms with Gasteiger partial charge >= 0.3 is 0 Å². The summed E-state index contributed by atoms with van der Waals surface area (Å²) in [5.41, 5.74) is 1.90. The summed E-state index contributed by atoms with van der Waals surface area (Å²) in [6, 6.07) is 11.2. The number of likely N-dealkylation sites (tertiary alicyclic amines) is 1. The summed E-state index contributed by atoms with van der Waals surface area (Å²) < 4.78 is 0. The molecule has 4 heteroatoms. The van der Waals surface area contributed by atoms with E-state index in [2.05, 4.69) is 11.1 Å². The second-order valence-corrected chi connectivity index (χ2v) is 6.65. The first-order valence-electron chi connectivity index (χ1n) is 8.18. The summed E-state index contributed by atoms with van der Waals surface area (Å²) in [6.07, 6.45) is 6.51. The van der Waals surface area contributed by atoms with Crippen LogP contribution in [0.5, 0.6) is 5.75 Å². The molecule has 1 aromatic carbocycles. The lowest BCUT2D eigenvalue weighted by molar-refractivity contribution is -0.132. The zero-order chi connectivity index (χ0) is 15.9. The van der Waals surface area contributed by atoms with E-state index in [0.717, 1.165) is 37.9 Å². The van der Waals surface area contributed by atoms with Gasteiger partial charge in [-0.25, -0.2) is 0 Å². The lowest BCUT2D eigenvalue weighted by Gasteiger charge is -2.23. The minimum Gasteiger partial charge on any atom is -0.508 e. The van der Waals surface area contributed by atoms with Crippen molar-refractivity contribution in [1.82, 2.24) is 9.88 Å². The summed E-state index contributed by atoms with van der Waals surface area (Å²) in [5, 5.41) is 9.45. The Morgan fingerprint density at radius 3 is 2.65 bits per heavy atom. The standard InChI is InChI=1S/C19H20N2O2/c22-17-5-3-16(4-6-17)19(8-9-19)18(23)21-11-7-15(13-21)14-2-1-10-20-12-14/h1-6,10,12,15,22H,7-9,11,13H2. The molecule has 2 aromatic rings. The molecule has 1 aliphatic carbocycles. The van der Waals surface area contributed by atoms with Gasteiger partial charge in [0.05, 0.1) is 5.41 Å². The molecule has 1 amide bonds. The summed E-state index contributed by atoms with van der Waals surface area (Å²) in [4.78, 5) is 19.2. The van der Waals surface area contributed by atoms with Gasteiger partial charge in [-0.1, -0.05) is 18.2 Å². The van der Waals surface area contributed by atoms with Crippen molar-refractivity contribution in [3.8, 4) is 5.75 Å². The molecule has 1 saturated heterocycles. The number of phenols is 1. The van der Waals surface area contributed by atoms with Crippen LogP contribution in [0, 0.1) is 0 Å². The fraction of sp³-hybridized carbons (Fsp3) is 0.368. The lowest BCUT2D eigenvalue weighted by Crippen LogP contribution is -2.37. The minimum absolute atomic E-state index is 0.245. The number of hydrogen-bond acceptors (Lipinski definition) is 3. The highest BCUT2D eigenvalue weighted by molar-refractivity contribution is 5.91. The quantitative estimate of drug-likeness (QED) is 0.948. The van der Waals surface area contributed by atoms with Crippen molar-refractivity contribution in [2.75, 3.05) is 13.1 Å². The SMILES string of the molecule is O=C(N1CCC(c2cccnc2)C1)C1(c2ccc(O)cc2)CC1. The first-order chi connectivity index (χ1) is 11.2. The molecule has 1 N–H and O–H groups in total. The maximum Gasteiger partial charge on any atom is 0.233 e. The molecule has 4 rings (SSSR count). The van der Waals surface area contributed by atoms with Crippen molar-refractivity contribution in [3.63, 3.8) is 0 Å². The van der Waals surface area contributed by atoms with Crippen LogP contribution in [0.25, 0.3) is 0 Å². The normalized spacial score (nSPS) is 22.1. The predicted molar refractivity (Wildman–Crippen MR) is 87.2 cm³/mol. The molecule has 118 valence electrons. The van der Waals surface area contributed by atoms with Crippen molar-refractivity contribution >= 4 is 5.91 Å². The van der Waals surface area contributed by atoms with Crippen molar-refractivity contribution in [3.05, 3.63) is 59.9 Å². The Hall–Kier alpha value is -2.36. The van der Waals surface area contributed by atoms with Gasteiger partial charge < -0.3 is 10.0 Å². The van der Waals surface area contributed by atoms with Crippen LogP contribution in [-0.4, -0.2) is 34.0 Å². The van der Waals surface area contributed by atoms with E-state index in [1.54, 1.807) is 18.3 Å². The van der Waals surface area contributed by atoms with Crippen molar-refractivity contribution in [1.29, 1.82) is 0 Å². The molecule has 0 bridgehead atoms. The van der Waals surface area contributed by atoms with Crippen LogP contribution in [0.4, 0.5) is 0 Å². The molecule has 1 saturated carbocycles. The molecule has 0 spiro atoms. The predicted octanol–water partition coefficient (Wildman–Crippen LogP) is 2.83. The van der Waals surface area contributed by atoms with Crippen LogP contribution >= 0.6 is 0 Å². The van der Waals surface area contributed by atoms with E-state index in [-0.39, 0.29) is 17.1 Å². The summed E-state index contributed by atoms with van der Waals surface area (Å²) in [5.74, 6) is 0.882. The summed E-state index contributed by atoms with van der Waals surface area (Å²) in [6.45, 7) is 1.60. The van der Waals surface area contributed by atoms with Gasteiger partial charge in [-0.3, -0.25) is 9.78 Å². The number of carbonyl (C=O) groups excluding carboxylic acids is 1. The lowest BCUT2D eigenvalue weighted by atomic mass is 9.94. The fourth-order valence-electron chi connectivity index (χ4n) is 3.67. The maximum absolute atomic E-state index is 13.0. The number of hydrogen-bond donors (Lipinski definition) is 1. The molecule has 1 unspecified atom stereocenters. The number of aromatic nitrogens is 1. The van der Waals surface area contributed by atoms with Gasteiger partial charge in [0.1, 0.15) is 5.75 Å². The molecule has 2 heterocycles. The Bertz CT molecular complexity index is 708. The number of amides is 1. The second-order valence-electron chi connectivity index (χ2n) is 6.65. The van der Waals surface area contributed by atoms with Gasteiger partial charge in [-0.2, -0.15) is 0 Å². The number of aromatic hydroxyl groups is 1. The largest absolute Gasteiger partial charge is 0.508 e. The topological polar surface area (TPSA) is 53.4 Å². The molecule has 4 nitrogen and oxygen atoms in total. The minimum atomic E-state index is -0.350. The monoisotopic (exact) mass is 308 g/mol. The number of pyridine rings is 1. The van der Waals surface area contributed by atoms with Crippen LogP contribution in [0.1, 0.15) is 36.3 Å². The fourth-order valence-corrected chi connectivity index (χ4v) is 3.67. The van der Waals surface area contributed by atoms with Crippen molar-refractivity contribution in [2.45, 2.75) is 30.6 Å². The van der Waals surface area contributed by atoms with Crippen molar-refractivity contribution in [2.24, 2.45) is 0 Å². The highest BCUT2D eigenvalue weighted by atomic mass is 16.3. The number of phenolic OH excluding ortho intramolecular Hbond substituents is 1. The van der Waals surface area contributed by atoms with E-state index < -0.39 is 0 Å². The van der Waals surface area contributed by atoms with Gasteiger partial charge in [0.2, 0.25) is 5.91 Å². The highest BCUT2D eigenvalue weighted by Gasteiger charge is 2.53. The Kier molecular flexibility index (Phi) is 3.33. The number of nitrogens with zero attached hydrogens (tertiary/aromatic N) is 2. The highest BCUT2D eigenvalue weighted by Crippen LogP contribution is 2.50. The number of benzene rings is 1. The molecule has 1 aliphatic heterocycles. The van der Waals surface area contributed by atoms with Crippen LogP contribution in [0.15, 0.2) is 48.8 Å². The Labute approximate surface area is 135 Å². The second kappa shape index (κ2) is 5.37. The third kappa shape index (κ3) is 2.48. The summed E-state index contributed by atoms with van der Waals surface area (Å²) >= 11 is 0. The molecule has 2 aliphatic rings. The molecular formula is C19H20N2O2. The average Bonchev–Trinajstić information content (AvgIpc) is 3.25. The van der Waals surface area contributed by atoms with Crippen LogP contribution in [0.2, 0.25) is 0 Å². The van der Waals surface area contributed by atoms with E-state index in [9.17, 15) is 9.90 Å². The number of rotatable bonds is 3. The van der Waals surface area contributed by atoms with E-state index >= 15 is 0 Å². The Morgan fingerprint density at radius 2 is 2.00 bits per heavy atom. The van der Waals surface area contributed by atoms with Gasteiger partial charge in [-0.15, -0.1) is 0 Å². The van der Waals surface area contributed by atoms with Crippen LogP contribution < -0.4 is 0 Å². The first-order valence-corrected chi connectivity index (χ1v) is 8.18. The van der Waals surface area contributed by atoms with E-state index in [4.69, 9.17) is 0 Å². The zero-order valence-corrected chi connectivity index (χ0v) is 13.0. The van der Waals surface area contributed by atoms with E-state index in [0.29, 0.717) is 5.92 Å². The van der Waals surface area contributed by atoms with Crippen LogP contribution in [-0.2, 0) is 10.2 Å². The Balaban J connectivity index is 1.51. The molecule has 1 atom stereocenters. The zero-order valence-electron chi connectivity index (χ0n) is 13.0. The summed E-state index contributed by atoms with van der Waals surface area (Å²) in [7, 11) is 0. The molecular weight excluding hydrogens is 288 g/mol. The third-order valence-corrected chi connectivity index (χ3v) is 5.21. The first kappa shape index (κ1) is 14.2. The van der Waals surface area contributed by atoms with E-state index in [1.807, 2.05) is 29.3 Å². The van der Waals surface area contributed by atoms with Gasteiger partial charge in [-0.05, 0) is 48.6 Å². The van der Waals surface area contributed by atoms with Gasteiger partial charge in [0.25, 0.3) is 0 Å². The Morgan fingerprint density at radius 1 is 1.22 bits per heavy atom. The molecule has 0 radical (unpaired) electrons. The molecule has 1 aromatic heterocycles. The smallest absolute Gasteiger partial charge is 0.233 e. The van der Waals surface area contributed by atoms with E-state index in [1.165, 1.54) is 5.56 Å². The third-order valence-electron chi connectivity index (χ3n) is 5.21. The van der Waals surface area contributed by atoms with Crippen molar-refractivity contribution < 1.29 is 9.90 Å². The maximum atomic E-state index is 13.0. The van der Waals surface area contributed by atoms with Gasteiger partial charge in [0, 0.05) is 31.4 Å².